The lowest BCUT2D eigenvalue weighted by Gasteiger charge is -2.30. The van der Waals surface area contributed by atoms with E-state index < -0.39 is 0 Å². The highest BCUT2D eigenvalue weighted by molar-refractivity contribution is 6.01. The maximum absolute atomic E-state index is 6.31. The van der Waals surface area contributed by atoms with E-state index in [2.05, 4.69) is 23.2 Å². The molecule has 0 saturated carbocycles. The van der Waals surface area contributed by atoms with Crippen molar-refractivity contribution < 1.29 is 4.74 Å². The van der Waals surface area contributed by atoms with Gasteiger partial charge in [-0.3, -0.25) is 0 Å². The van der Waals surface area contributed by atoms with Crippen LogP contribution in [0.25, 0.3) is 10.8 Å². The van der Waals surface area contributed by atoms with Crippen molar-refractivity contribution in [2.75, 3.05) is 18.1 Å². The molecule has 1 aliphatic heterocycles. The normalized spacial score (nSPS) is 14.4. The minimum atomic E-state index is 0.483. The molecule has 4 heteroatoms. The Morgan fingerprint density at radius 2 is 1.74 bits per heavy atom. The summed E-state index contributed by atoms with van der Waals surface area (Å²) in [7, 11) is 0. The van der Waals surface area contributed by atoms with Gasteiger partial charge in [0.2, 0.25) is 5.96 Å². The van der Waals surface area contributed by atoms with Gasteiger partial charge in [0.15, 0.2) is 0 Å². The van der Waals surface area contributed by atoms with Gasteiger partial charge in [-0.15, -0.1) is 0 Å². The standard InChI is InChI=1S/C19H17N3O/c20-19(22-12-13-23-18-11-4-3-10-17(18)22)21-16-9-5-7-14-6-1-2-8-15(14)16/h1-11H,12-13H2,(H2,20,21). The van der Waals surface area contributed by atoms with E-state index in [1.807, 2.05) is 53.4 Å². The molecule has 2 N–H and O–H groups in total. The number of nitrogens with two attached hydrogens (primary N) is 1. The first-order valence-electron chi connectivity index (χ1n) is 7.64. The molecule has 0 spiro atoms. The van der Waals surface area contributed by atoms with E-state index in [1.54, 1.807) is 0 Å². The third-order valence-corrected chi connectivity index (χ3v) is 4.01. The molecule has 3 aromatic carbocycles. The summed E-state index contributed by atoms with van der Waals surface area (Å²) in [5.74, 6) is 1.33. The minimum absolute atomic E-state index is 0.483. The summed E-state index contributed by atoms with van der Waals surface area (Å²) in [6.45, 7) is 1.29. The third kappa shape index (κ3) is 2.48. The molecule has 0 atom stereocenters. The van der Waals surface area contributed by atoms with E-state index in [0.717, 1.165) is 27.9 Å². The Morgan fingerprint density at radius 1 is 0.957 bits per heavy atom. The zero-order valence-corrected chi connectivity index (χ0v) is 12.6. The van der Waals surface area contributed by atoms with Crippen molar-refractivity contribution in [3.8, 4) is 5.75 Å². The van der Waals surface area contributed by atoms with E-state index in [1.165, 1.54) is 0 Å². The number of aliphatic imine (C=N–C) groups is 1. The first kappa shape index (κ1) is 13.6. The van der Waals surface area contributed by atoms with Gasteiger partial charge in [-0.05, 0) is 23.6 Å². The number of hydrogen-bond acceptors (Lipinski definition) is 2. The highest BCUT2D eigenvalue weighted by Crippen LogP contribution is 2.32. The summed E-state index contributed by atoms with van der Waals surface area (Å²) in [5.41, 5.74) is 8.14. The lowest BCUT2D eigenvalue weighted by Crippen LogP contribution is -2.42. The van der Waals surface area contributed by atoms with Crippen LogP contribution in [0, 0.1) is 0 Å². The highest BCUT2D eigenvalue weighted by Gasteiger charge is 2.20. The maximum atomic E-state index is 6.31. The molecular formula is C19H17N3O. The van der Waals surface area contributed by atoms with Crippen molar-refractivity contribution in [3.05, 3.63) is 66.7 Å². The Labute approximate surface area is 134 Å². The van der Waals surface area contributed by atoms with Crippen LogP contribution in [-0.4, -0.2) is 19.1 Å². The first-order valence-corrected chi connectivity index (χ1v) is 7.64. The third-order valence-electron chi connectivity index (χ3n) is 4.01. The van der Waals surface area contributed by atoms with Gasteiger partial charge in [-0.2, -0.15) is 0 Å². The van der Waals surface area contributed by atoms with Gasteiger partial charge in [-0.1, -0.05) is 48.5 Å². The molecule has 0 fully saturated rings. The van der Waals surface area contributed by atoms with Gasteiger partial charge in [0, 0.05) is 5.39 Å². The molecule has 3 aromatic rings. The van der Waals surface area contributed by atoms with Crippen LogP contribution in [0.2, 0.25) is 0 Å². The predicted molar refractivity (Wildman–Crippen MR) is 94.5 cm³/mol. The average Bonchev–Trinajstić information content (AvgIpc) is 2.61. The Balaban J connectivity index is 1.77. The summed E-state index contributed by atoms with van der Waals surface area (Å²) in [4.78, 5) is 6.68. The fourth-order valence-electron chi connectivity index (χ4n) is 2.90. The molecule has 0 saturated heterocycles. The molecule has 0 bridgehead atoms. The lowest BCUT2D eigenvalue weighted by molar-refractivity contribution is 0.315. The number of para-hydroxylation sites is 2. The van der Waals surface area contributed by atoms with Crippen LogP contribution < -0.4 is 15.4 Å². The molecule has 0 radical (unpaired) electrons. The largest absolute Gasteiger partial charge is 0.490 e. The van der Waals surface area contributed by atoms with Gasteiger partial charge in [-0.25, -0.2) is 4.99 Å². The maximum Gasteiger partial charge on any atom is 0.201 e. The summed E-state index contributed by atoms with van der Waals surface area (Å²) in [5, 5.41) is 2.25. The number of hydrogen-bond donors (Lipinski definition) is 1. The molecule has 4 rings (SSSR count). The second-order valence-electron chi connectivity index (χ2n) is 5.44. The van der Waals surface area contributed by atoms with Crippen LogP contribution in [0.3, 0.4) is 0 Å². The second-order valence-corrected chi connectivity index (χ2v) is 5.44. The highest BCUT2D eigenvalue weighted by atomic mass is 16.5. The molecule has 0 aliphatic carbocycles. The summed E-state index contributed by atoms with van der Waals surface area (Å²) in [6.07, 6.45) is 0. The van der Waals surface area contributed by atoms with Crippen molar-refractivity contribution in [2.24, 2.45) is 10.7 Å². The number of ether oxygens (including phenoxy) is 1. The van der Waals surface area contributed by atoms with E-state index >= 15 is 0 Å². The van der Waals surface area contributed by atoms with Crippen LogP contribution in [0.4, 0.5) is 11.4 Å². The Kier molecular flexibility index (Phi) is 3.35. The fraction of sp³-hybridized carbons (Fsp3) is 0.105. The summed E-state index contributed by atoms with van der Waals surface area (Å²) < 4.78 is 5.67. The van der Waals surface area contributed by atoms with Gasteiger partial charge in [0.05, 0.1) is 17.9 Å². The quantitative estimate of drug-likeness (QED) is 0.551. The predicted octanol–water partition coefficient (Wildman–Crippen LogP) is 3.69. The van der Waals surface area contributed by atoms with Gasteiger partial charge in [0.25, 0.3) is 0 Å². The van der Waals surface area contributed by atoms with Gasteiger partial charge >= 0.3 is 0 Å². The molecule has 1 aliphatic rings. The Bertz CT molecular complexity index is 883. The van der Waals surface area contributed by atoms with Crippen LogP contribution in [0.5, 0.6) is 5.75 Å². The number of anilines is 1. The van der Waals surface area contributed by atoms with Crippen molar-refractivity contribution in [1.82, 2.24) is 0 Å². The number of benzene rings is 3. The van der Waals surface area contributed by atoms with Crippen molar-refractivity contribution in [2.45, 2.75) is 0 Å². The zero-order chi connectivity index (χ0) is 15.6. The van der Waals surface area contributed by atoms with Gasteiger partial charge in [0.1, 0.15) is 12.4 Å². The minimum Gasteiger partial charge on any atom is -0.490 e. The molecular weight excluding hydrogens is 286 g/mol. The lowest BCUT2D eigenvalue weighted by atomic mass is 10.1. The number of fused-ring (bicyclic) bond motifs is 2. The van der Waals surface area contributed by atoms with E-state index in [4.69, 9.17) is 10.5 Å². The number of rotatable bonds is 1. The van der Waals surface area contributed by atoms with Crippen molar-refractivity contribution in [1.29, 1.82) is 0 Å². The molecule has 4 nitrogen and oxygen atoms in total. The van der Waals surface area contributed by atoms with E-state index in [0.29, 0.717) is 19.1 Å². The second kappa shape index (κ2) is 5.65. The molecule has 0 aromatic heterocycles. The monoisotopic (exact) mass is 303 g/mol. The topological polar surface area (TPSA) is 50.8 Å². The summed E-state index contributed by atoms with van der Waals surface area (Å²) in [6, 6.07) is 22.1. The SMILES string of the molecule is NC(=Nc1cccc2ccccc12)N1CCOc2ccccc21. The molecule has 0 unspecified atom stereocenters. The molecule has 1 heterocycles. The van der Waals surface area contributed by atoms with Crippen LogP contribution in [0.1, 0.15) is 0 Å². The number of guanidine groups is 1. The van der Waals surface area contributed by atoms with Crippen molar-refractivity contribution >= 4 is 28.1 Å². The van der Waals surface area contributed by atoms with Crippen LogP contribution >= 0.6 is 0 Å². The molecule has 23 heavy (non-hydrogen) atoms. The first-order chi connectivity index (χ1) is 11.3. The van der Waals surface area contributed by atoms with Crippen molar-refractivity contribution in [3.63, 3.8) is 0 Å². The smallest absolute Gasteiger partial charge is 0.201 e. The zero-order valence-electron chi connectivity index (χ0n) is 12.6. The fourth-order valence-corrected chi connectivity index (χ4v) is 2.90. The van der Waals surface area contributed by atoms with Crippen LogP contribution in [-0.2, 0) is 0 Å². The van der Waals surface area contributed by atoms with E-state index in [9.17, 15) is 0 Å². The summed E-state index contributed by atoms with van der Waals surface area (Å²) >= 11 is 0. The van der Waals surface area contributed by atoms with Gasteiger partial charge < -0.3 is 15.4 Å². The van der Waals surface area contributed by atoms with Crippen LogP contribution in [0.15, 0.2) is 71.7 Å². The Morgan fingerprint density at radius 3 is 2.70 bits per heavy atom. The average molecular weight is 303 g/mol. The molecule has 114 valence electrons. The van der Waals surface area contributed by atoms with E-state index in [-0.39, 0.29) is 0 Å². The molecule has 0 amide bonds. The Hall–Kier alpha value is -3.01. The number of nitrogens with zero attached hydrogens (tertiary/aromatic N) is 2.